The number of fused-ring (bicyclic) bond motifs is 1. The van der Waals surface area contributed by atoms with Crippen LogP contribution in [0.2, 0.25) is 0 Å². The molecule has 0 atom stereocenters. The topological polar surface area (TPSA) is 100 Å². The average Bonchev–Trinajstić information content (AvgIpc) is 2.72. The molecule has 0 radical (unpaired) electrons. The lowest BCUT2D eigenvalue weighted by molar-refractivity contribution is 0.182. The maximum absolute atomic E-state index is 11.9. The fraction of sp³-hybridized carbons (Fsp3) is 0.0500. The third-order valence-electron chi connectivity index (χ3n) is 4.20. The Kier molecular flexibility index (Phi) is 4.27. The lowest BCUT2D eigenvalue weighted by Crippen LogP contribution is -2.23. The van der Waals surface area contributed by atoms with Crippen LogP contribution < -0.4 is 11.0 Å². The third kappa shape index (κ3) is 3.23. The Bertz CT molecular complexity index is 1190. The molecule has 0 fully saturated rings. The molecular weight excluding hydrogens is 344 g/mol. The van der Waals surface area contributed by atoms with Crippen molar-refractivity contribution in [2.24, 2.45) is 0 Å². The van der Waals surface area contributed by atoms with Crippen molar-refractivity contribution >= 4 is 22.5 Å². The Hall–Kier alpha value is -3.71. The molecule has 27 heavy (non-hydrogen) atoms. The first-order chi connectivity index (χ1) is 13.2. The van der Waals surface area contributed by atoms with E-state index < -0.39 is 5.69 Å². The summed E-state index contributed by atoms with van der Waals surface area (Å²) in [5, 5.41) is 22.8. The van der Waals surface area contributed by atoms with Gasteiger partial charge >= 0.3 is 5.69 Å². The van der Waals surface area contributed by atoms with Gasteiger partial charge in [0.25, 0.3) is 0 Å². The molecule has 7 nitrogen and oxygen atoms in total. The second-order valence-corrected chi connectivity index (χ2v) is 5.99. The zero-order valence-electron chi connectivity index (χ0n) is 14.2. The Morgan fingerprint density at radius 2 is 1.78 bits per heavy atom. The largest absolute Gasteiger partial charge is 0.422 e. The van der Waals surface area contributed by atoms with Gasteiger partial charge in [-0.3, -0.25) is 0 Å². The van der Waals surface area contributed by atoms with Gasteiger partial charge in [0.1, 0.15) is 5.82 Å². The van der Waals surface area contributed by atoms with Crippen LogP contribution in [0.1, 0.15) is 5.56 Å². The lowest BCUT2D eigenvalue weighted by Gasteiger charge is -2.11. The van der Waals surface area contributed by atoms with Crippen LogP contribution in [0.3, 0.4) is 0 Å². The molecule has 2 aromatic carbocycles. The van der Waals surface area contributed by atoms with E-state index in [0.717, 1.165) is 22.4 Å². The van der Waals surface area contributed by atoms with Gasteiger partial charge in [-0.25, -0.2) is 9.78 Å². The van der Waals surface area contributed by atoms with Gasteiger partial charge in [-0.1, -0.05) is 30.3 Å². The number of nitrogens with one attached hydrogen (secondary N) is 1. The third-order valence-corrected chi connectivity index (χ3v) is 4.20. The molecule has 4 rings (SSSR count). The Labute approximate surface area is 154 Å². The highest BCUT2D eigenvalue weighted by molar-refractivity contribution is 5.88. The number of aliphatic hydroxyl groups is 1. The molecule has 0 unspecified atom stereocenters. The highest BCUT2D eigenvalue weighted by atomic mass is 16.5. The second kappa shape index (κ2) is 6.89. The second-order valence-electron chi connectivity index (χ2n) is 5.99. The van der Waals surface area contributed by atoms with Crippen molar-refractivity contribution in [1.82, 2.24) is 14.7 Å². The fourth-order valence-corrected chi connectivity index (χ4v) is 2.90. The molecule has 3 N–H and O–H groups in total. The fourth-order valence-electron chi connectivity index (χ4n) is 2.90. The summed E-state index contributed by atoms with van der Waals surface area (Å²) < 4.78 is 0.428. The van der Waals surface area contributed by atoms with Crippen LogP contribution >= 0.6 is 0 Å². The van der Waals surface area contributed by atoms with E-state index in [1.165, 1.54) is 6.20 Å². The van der Waals surface area contributed by atoms with Gasteiger partial charge in [0, 0.05) is 11.9 Å². The minimum atomic E-state index is -0.810. The Morgan fingerprint density at radius 1 is 1.00 bits per heavy atom. The van der Waals surface area contributed by atoms with E-state index in [1.54, 1.807) is 12.1 Å². The standard InChI is InChI=1S/C20H16N4O3/c25-12-13-4-1-5-14(10-13)15-6-2-7-16(11-15)22-18-17-8-3-9-21-19(17)24(27)20(26)23-18/h1-11,25,27H,12H2,(H,22,23,26). The number of hydrogen-bond acceptors (Lipinski definition) is 6. The van der Waals surface area contributed by atoms with E-state index in [2.05, 4.69) is 15.3 Å². The highest BCUT2D eigenvalue weighted by Crippen LogP contribution is 2.26. The molecule has 134 valence electrons. The Balaban J connectivity index is 1.75. The minimum Gasteiger partial charge on any atom is -0.422 e. The predicted molar refractivity (Wildman–Crippen MR) is 102 cm³/mol. The quantitative estimate of drug-likeness (QED) is 0.484. The maximum atomic E-state index is 11.9. The van der Waals surface area contributed by atoms with Crippen LogP contribution in [-0.4, -0.2) is 25.0 Å². The minimum absolute atomic E-state index is 0.0217. The van der Waals surface area contributed by atoms with Crippen molar-refractivity contribution in [3.8, 4) is 11.1 Å². The van der Waals surface area contributed by atoms with Crippen molar-refractivity contribution in [2.75, 3.05) is 5.32 Å². The van der Waals surface area contributed by atoms with Crippen LogP contribution in [0.15, 0.2) is 71.7 Å². The number of aliphatic hydroxyl groups excluding tert-OH is 1. The number of aromatic nitrogens is 3. The van der Waals surface area contributed by atoms with Crippen molar-refractivity contribution < 1.29 is 10.3 Å². The normalized spacial score (nSPS) is 10.9. The predicted octanol–water partition coefficient (Wildman–Crippen LogP) is 2.93. The van der Waals surface area contributed by atoms with Crippen molar-refractivity contribution in [2.45, 2.75) is 6.61 Å². The van der Waals surface area contributed by atoms with Crippen LogP contribution in [0.4, 0.5) is 11.5 Å². The molecule has 0 amide bonds. The molecule has 0 saturated carbocycles. The van der Waals surface area contributed by atoms with E-state index in [4.69, 9.17) is 0 Å². The van der Waals surface area contributed by atoms with Crippen LogP contribution in [0.5, 0.6) is 0 Å². The molecule has 0 spiro atoms. The summed E-state index contributed by atoms with van der Waals surface area (Å²) in [7, 11) is 0. The SMILES string of the molecule is O=c1nc(Nc2cccc(-c3cccc(CO)c3)c2)c2cccnc2n1O. The number of benzene rings is 2. The zero-order chi connectivity index (χ0) is 18.8. The first-order valence-electron chi connectivity index (χ1n) is 8.30. The first-order valence-corrected chi connectivity index (χ1v) is 8.30. The summed E-state index contributed by atoms with van der Waals surface area (Å²) in [6.07, 6.45) is 1.49. The summed E-state index contributed by atoms with van der Waals surface area (Å²) in [4.78, 5) is 19.8. The van der Waals surface area contributed by atoms with Gasteiger partial charge < -0.3 is 15.6 Å². The van der Waals surface area contributed by atoms with E-state index in [0.29, 0.717) is 15.9 Å². The lowest BCUT2D eigenvalue weighted by atomic mass is 10.0. The van der Waals surface area contributed by atoms with Crippen LogP contribution in [-0.2, 0) is 6.61 Å². The smallest absolute Gasteiger partial charge is 0.384 e. The van der Waals surface area contributed by atoms with E-state index in [9.17, 15) is 15.1 Å². The number of anilines is 2. The molecule has 0 aliphatic rings. The monoisotopic (exact) mass is 360 g/mol. The van der Waals surface area contributed by atoms with E-state index in [1.807, 2.05) is 48.5 Å². The van der Waals surface area contributed by atoms with Crippen molar-refractivity contribution in [3.63, 3.8) is 0 Å². The van der Waals surface area contributed by atoms with Gasteiger partial charge in [0.2, 0.25) is 0 Å². The summed E-state index contributed by atoms with van der Waals surface area (Å²) in [5.74, 6) is 0.314. The summed E-state index contributed by atoms with van der Waals surface area (Å²) in [6, 6.07) is 18.7. The Morgan fingerprint density at radius 3 is 2.59 bits per heavy atom. The van der Waals surface area contributed by atoms with E-state index in [-0.39, 0.29) is 12.3 Å². The molecule has 4 aromatic rings. The highest BCUT2D eigenvalue weighted by Gasteiger charge is 2.11. The summed E-state index contributed by atoms with van der Waals surface area (Å²) >= 11 is 0. The first kappa shape index (κ1) is 16.7. The van der Waals surface area contributed by atoms with Crippen LogP contribution in [0.25, 0.3) is 22.2 Å². The molecule has 7 heteroatoms. The van der Waals surface area contributed by atoms with Crippen molar-refractivity contribution in [3.05, 3.63) is 82.9 Å². The van der Waals surface area contributed by atoms with Gasteiger partial charge in [0.05, 0.1) is 12.0 Å². The molecule has 2 aromatic heterocycles. The number of rotatable bonds is 4. The van der Waals surface area contributed by atoms with Crippen LogP contribution in [0, 0.1) is 0 Å². The summed E-state index contributed by atoms with van der Waals surface area (Å²) in [6.45, 7) is -0.0217. The molecule has 0 aliphatic heterocycles. The summed E-state index contributed by atoms with van der Waals surface area (Å²) in [5.41, 5.74) is 2.80. The van der Waals surface area contributed by atoms with E-state index >= 15 is 0 Å². The molecular formula is C20H16N4O3. The van der Waals surface area contributed by atoms with Gasteiger partial charge in [-0.15, -0.1) is 4.73 Å². The van der Waals surface area contributed by atoms with Gasteiger partial charge in [-0.2, -0.15) is 4.98 Å². The molecule has 0 aliphatic carbocycles. The molecule has 0 saturated heterocycles. The molecule has 0 bridgehead atoms. The number of nitrogens with zero attached hydrogens (tertiary/aromatic N) is 3. The average molecular weight is 360 g/mol. The molecule has 2 heterocycles. The van der Waals surface area contributed by atoms with Crippen molar-refractivity contribution in [1.29, 1.82) is 0 Å². The maximum Gasteiger partial charge on any atom is 0.384 e. The zero-order valence-corrected chi connectivity index (χ0v) is 14.2. The number of pyridine rings is 1. The van der Waals surface area contributed by atoms with Gasteiger partial charge in [0.15, 0.2) is 5.65 Å². The number of hydrogen-bond donors (Lipinski definition) is 3. The van der Waals surface area contributed by atoms with Gasteiger partial charge in [-0.05, 0) is 47.0 Å².